The summed E-state index contributed by atoms with van der Waals surface area (Å²) in [5.74, 6) is 0. The Morgan fingerprint density at radius 2 is 0.860 bits per heavy atom. The van der Waals surface area contributed by atoms with Crippen molar-refractivity contribution in [2.45, 2.75) is 6.17 Å². The van der Waals surface area contributed by atoms with E-state index in [0.717, 1.165) is 56.3 Å². The Kier molecular flexibility index (Phi) is 8.94. The van der Waals surface area contributed by atoms with E-state index < -0.39 is 0 Å². The molecule has 0 aromatic heterocycles. The molecule has 1 aliphatic rings. The van der Waals surface area contributed by atoms with Gasteiger partial charge in [0.15, 0.2) is 0 Å². The van der Waals surface area contributed by atoms with Gasteiger partial charge in [0.25, 0.3) is 0 Å². The highest BCUT2D eigenvalue weighted by atomic mass is 15.1. The van der Waals surface area contributed by atoms with Crippen molar-refractivity contribution >= 4 is 50.0 Å². The minimum atomic E-state index is -0.202. The van der Waals surface area contributed by atoms with Crippen molar-refractivity contribution in [2.75, 3.05) is 4.90 Å². The minimum Gasteiger partial charge on any atom is -0.360 e. The van der Waals surface area contributed by atoms with Crippen molar-refractivity contribution in [1.29, 1.82) is 0 Å². The van der Waals surface area contributed by atoms with E-state index in [1.165, 1.54) is 32.7 Å². The quantitative estimate of drug-likeness (QED) is 0.169. The Morgan fingerprint density at radius 1 is 0.386 bits per heavy atom. The van der Waals surface area contributed by atoms with Gasteiger partial charge in [-0.3, -0.25) is 4.99 Å². The lowest BCUT2D eigenvalue weighted by atomic mass is 9.96. The van der Waals surface area contributed by atoms with Crippen LogP contribution in [0.5, 0.6) is 0 Å². The van der Waals surface area contributed by atoms with Crippen LogP contribution in [0.25, 0.3) is 49.5 Å². The molecular formula is C54H39N3. The number of anilines is 3. The highest BCUT2D eigenvalue weighted by molar-refractivity contribution is 6.19. The lowest BCUT2D eigenvalue weighted by Gasteiger charge is -2.27. The average molecular weight is 730 g/mol. The summed E-state index contributed by atoms with van der Waals surface area (Å²) in [4.78, 5) is 7.60. The number of fused-ring (bicyclic) bond motifs is 2. The normalized spacial score (nSPS) is 13.8. The molecule has 3 nitrogen and oxygen atoms in total. The van der Waals surface area contributed by atoms with Crippen molar-refractivity contribution in [3.05, 3.63) is 241 Å². The highest BCUT2D eigenvalue weighted by Gasteiger charge is 2.21. The van der Waals surface area contributed by atoms with Gasteiger partial charge in [-0.1, -0.05) is 188 Å². The molecule has 270 valence electrons. The molecule has 1 heterocycles. The first kappa shape index (κ1) is 34.0. The van der Waals surface area contributed by atoms with E-state index in [1.807, 2.05) is 6.07 Å². The Labute approximate surface area is 333 Å². The van der Waals surface area contributed by atoms with Gasteiger partial charge in [-0.25, -0.2) is 0 Å². The molecule has 0 radical (unpaired) electrons. The second-order valence-electron chi connectivity index (χ2n) is 14.4. The summed E-state index contributed by atoms with van der Waals surface area (Å²) in [5.41, 5.74) is 13.5. The van der Waals surface area contributed by atoms with Crippen LogP contribution >= 0.6 is 0 Å². The summed E-state index contributed by atoms with van der Waals surface area (Å²) in [5, 5.41) is 8.57. The summed E-state index contributed by atoms with van der Waals surface area (Å²) in [6.07, 6.45) is 1.99. The van der Waals surface area contributed by atoms with Crippen LogP contribution in [-0.4, -0.2) is 5.71 Å². The second kappa shape index (κ2) is 15.0. The van der Waals surface area contributed by atoms with Gasteiger partial charge in [0.2, 0.25) is 0 Å². The van der Waals surface area contributed by atoms with Gasteiger partial charge < -0.3 is 10.2 Å². The number of allylic oxidation sites excluding steroid dienone is 1. The maximum absolute atomic E-state index is 5.24. The summed E-state index contributed by atoms with van der Waals surface area (Å²) in [6, 6.07) is 77.9. The van der Waals surface area contributed by atoms with E-state index in [9.17, 15) is 0 Å². The number of hydrogen-bond acceptors (Lipinski definition) is 3. The van der Waals surface area contributed by atoms with Gasteiger partial charge in [0.05, 0.1) is 11.4 Å². The molecule has 3 heteroatoms. The fraction of sp³-hybridized carbons (Fsp3) is 0.0185. The summed E-state index contributed by atoms with van der Waals surface area (Å²) < 4.78 is 0. The Hall–Kier alpha value is -7.49. The van der Waals surface area contributed by atoms with Gasteiger partial charge >= 0.3 is 0 Å². The molecule has 0 saturated carbocycles. The molecule has 1 aliphatic heterocycles. The maximum Gasteiger partial charge on any atom is 0.145 e. The first-order valence-electron chi connectivity index (χ1n) is 19.5. The van der Waals surface area contributed by atoms with E-state index >= 15 is 0 Å². The SMILES string of the molecule is C1=C(c2ccc(-c3ccc(N(c4ccc(-c5ccccc5)cc4)c4cccc5ccccc45)cc3)cc2)NC(c2ccccc2)N=C1c1cccc2ccccc12. The van der Waals surface area contributed by atoms with Crippen LogP contribution in [0.4, 0.5) is 17.1 Å². The zero-order valence-electron chi connectivity index (χ0n) is 31.3. The van der Waals surface area contributed by atoms with Gasteiger partial charge in [0, 0.05) is 28.0 Å². The average Bonchev–Trinajstić information content (AvgIpc) is 3.30. The fourth-order valence-electron chi connectivity index (χ4n) is 8.00. The largest absolute Gasteiger partial charge is 0.360 e. The first-order valence-corrected chi connectivity index (χ1v) is 19.5. The third-order valence-electron chi connectivity index (χ3n) is 10.9. The van der Waals surface area contributed by atoms with Crippen molar-refractivity contribution in [2.24, 2.45) is 4.99 Å². The number of aliphatic imine (C=N–C) groups is 1. The topological polar surface area (TPSA) is 27.6 Å². The molecule has 10 rings (SSSR count). The van der Waals surface area contributed by atoms with Gasteiger partial charge in [-0.15, -0.1) is 0 Å². The van der Waals surface area contributed by atoms with Crippen molar-refractivity contribution < 1.29 is 0 Å². The molecule has 0 aliphatic carbocycles. The predicted octanol–water partition coefficient (Wildman–Crippen LogP) is 13.9. The molecular weight excluding hydrogens is 691 g/mol. The first-order chi connectivity index (χ1) is 28.2. The number of benzene rings is 9. The Bertz CT molecular complexity index is 2880. The van der Waals surface area contributed by atoms with Crippen molar-refractivity contribution in [3.63, 3.8) is 0 Å². The lowest BCUT2D eigenvalue weighted by Crippen LogP contribution is -2.24. The Balaban J connectivity index is 0.979. The van der Waals surface area contributed by atoms with E-state index in [2.05, 4.69) is 229 Å². The molecule has 9 aromatic carbocycles. The molecule has 1 N–H and O–H groups in total. The summed E-state index contributed by atoms with van der Waals surface area (Å²) in [7, 11) is 0. The van der Waals surface area contributed by atoms with Crippen LogP contribution in [0.1, 0.15) is 22.9 Å². The van der Waals surface area contributed by atoms with Crippen LogP contribution in [0.3, 0.4) is 0 Å². The standard InChI is InChI=1S/C54H39N3/c1-3-13-38(14-4-1)40-29-33-46(34-30-40)57(53-24-12-20-43-16-8-10-22-49(43)53)47-35-31-41(32-36-47)39-25-27-44(28-26-39)51-37-52(56-54(55-51)45-17-5-2-6-18-45)50-23-11-19-42-15-7-9-21-48(42)50/h1-37,54-55H. The maximum atomic E-state index is 5.24. The van der Waals surface area contributed by atoms with E-state index in [4.69, 9.17) is 4.99 Å². The molecule has 0 fully saturated rings. The lowest BCUT2D eigenvalue weighted by molar-refractivity contribution is 0.664. The molecule has 0 amide bonds. The Morgan fingerprint density at radius 3 is 1.51 bits per heavy atom. The van der Waals surface area contributed by atoms with Crippen LogP contribution < -0.4 is 10.2 Å². The minimum absolute atomic E-state index is 0.202. The predicted molar refractivity (Wildman–Crippen MR) is 240 cm³/mol. The highest BCUT2D eigenvalue weighted by Crippen LogP contribution is 2.40. The number of nitrogens with one attached hydrogen (secondary N) is 1. The van der Waals surface area contributed by atoms with Crippen molar-refractivity contribution in [1.82, 2.24) is 5.32 Å². The molecule has 0 saturated heterocycles. The van der Waals surface area contributed by atoms with E-state index in [1.54, 1.807) is 0 Å². The van der Waals surface area contributed by atoms with Crippen LogP contribution in [0, 0.1) is 0 Å². The number of hydrogen-bond donors (Lipinski definition) is 1. The summed E-state index contributed by atoms with van der Waals surface area (Å²) in [6.45, 7) is 0. The van der Waals surface area contributed by atoms with Crippen molar-refractivity contribution in [3.8, 4) is 22.3 Å². The third kappa shape index (κ3) is 6.77. The monoisotopic (exact) mass is 729 g/mol. The zero-order chi connectivity index (χ0) is 38.0. The van der Waals surface area contributed by atoms with Gasteiger partial charge in [-0.2, -0.15) is 0 Å². The molecule has 9 aromatic rings. The van der Waals surface area contributed by atoms with Crippen LogP contribution in [0.2, 0.25) is 0 Å². The zero-order valence-corrected chi connectivity index (χ0v) is 31.3. The molecule has 0 spiro atoms. The van der Waals surface area contributed by atoms with Crippen LogP contribution in [-0.2, 0) is 0 Å². The molecule has 0 bridgehead atoms. The van der Waals surface area contributed by atoms with Gasteiger partial charge in [-0.05, 0) is 85.9 Å². The summed E-state index contributed by atoms with van der Waals surface area (Å²) >= 11 is 0. The number of nitrogens with zero attached hydrogens (tertiary/aromatic N) is 2. The fourth-order valence-corrected chi connectivity index (χ4v) is 8.00. The van der Waals surface area contributed by atoms with Gasteiger partial charge in [0.1, 0.15) is 6.17 Å². The van der Waals surface area contributed by atoms with E-state index in [-0.39, 0.29) is 6.17 Å². The smallest absolute Gasteiger partial charge is 0.145 e. The second-order valence-corrected chi connectivity index (χ2v) is 14.4. The third-order valence-corrected chi connectivity index (χ3v) is 10.9. The molecule has 57 heavy (non-hydrogen) atoms. The molecule has 1 unspecified atom stereocenters. The van der Waals surface area contributed by atoms with E-state index in [0.29, 0.717) is 0 Å². The molecule has 1 atom stereocenters. The number of rotatable bonds is 8. The van der Waals surface area contributed by atoms with Crippen LogP contribution in [0.15, 0.2) is 229 Å².